The first-order valence-electron chi connectivity index (χ1n) is 6.32. The van der Waals surface area contributed by atoms with Crippen LogP contribution in [0.5, 0.6) is 0 Å². The molecule has 2 atom stereocenters. The molecule has 0 radical (unpaired) electrons. The third-order valence-corrected chi connectivity index (χ3v) is 2.79. The molecule has 3 nitrogen and oxygen atoms in total. The lowest BCUT2D eigenvalue weighted by molar-refractivity contribution is -0.212. The minimum absolute atomic E-state index is 0.0409. The zero-order valence-electron chi connectivity index (χ0n) is 11.3. The number of benzene rings is 1. The highest BCUT2D eigenvalue weighted by molar-refractivity contribution is 5.94. The Morgan fingerprint density at radius 2 is 1.80 bits per heavy atom. The van der Waals surface area contributed by atoms with Gasteiger partial charge >= 0.3 is 6.18 Å². The molecule has 20 heavy (non-hydrogen) atoms. The highest BCUT2D eigenvalue weighted by Gasteiger charge is 2.44. The lowest BCUT2D eigenvalue weighted by atomic mass is 9.98. The number of alkyl halides is 3. The summed E-state index contributed by atoms with van der Waals surface area (Å²) >= 11 is 0. The molecule has 1 amide bonds. The van der Waals surface area contributed by atoms with Gasteiger partial charge in [-0.05, 0) is 24.5 Å². The predicted molar refractivity (Wildman–Crippen MR) is 69.2 cm³/mol. The summed E-state index contributed by atoms with van der Waals surface area (Å²) in [6.45, 7) is 3.45. The number of nitrogens with one attached hydrogen (secondary N) is 1. The highest BCUT2D eigenvalue weighted by Crippen LogP contribution is 2.25. The Hall–Kier alpha value is -1.56. The number of rotatable bonds is 5. The Morgan fingerprint density at radius 1 is 1.25 bits per heavy atom. The van der Waals surface area contributed by atoms with Crippen LogP contribution in [0.15, 0.2) is 30.3 Å². The number of aliphatic hydroxyl groups excluding tert-OH is 1. The quantitative estimate of drug-likeness (QED) is 0.875. The zero-order chi connectivity index (χ0) is 15.3. The molecule has 0 aliphatic heterocycles. The number of carbonyl (C=O) groups is 1. The summed E-state index contributed by atoms with van der Waals surface area (Å²) in [7, 11) is 0. The van der Waals surface area contributed by atoms with E-state index in [0.717, 1.165) is 0 Å². The fraction of sp³-hybridized carbons (Fsp3) is 0.500. The molecule has 6 heteroatoms. The molecule has 1 aromatic rings. The highest BCUT2D eigenvalue weighted by atomic mass is 19.4. The molecular weight excluding hydrogens is 271 g/mol. The van der Waals surface area contributed by atoms with Crippen LogP contribution in [0.3, 0.4) is 0 Å². The summed E-state index contributed by atoms with van der Waals surface area (Å²) in [6.07, 6.45) is -7.29. The summed E-state index contributed by atoms with van der Waals surface area (Å²) in [5, 5.41) is 11.6. The minimum Gasteiger partial charge on any atom is -0.382 e. The second kappa shape index (κ2) is 6.74. The average molecular weight is 289 g/mol. The van der Waals surface area contributed by atoms with Crippen LogP contribution in [-0.2, 0) is 0 Å². The molecule has 1 aromatic carbocycles. The molecule has 0 saturated carbocycles. The van der Waals surface area contributed by atoms with Gasteiger partial charge in [0.15, 0.2) is 6.10 Å². The van der Waals surface area contributed by atoms with Gasteiger partial charge < -0.3 is 10.4 Å². The van der Waals surface area contributed by atoms with Crippen LogP contribution in [-0.4, -0.2) is 29.3 Å². The van der Waals surface area contributed by atoms with E-state index in [4.69, 9.17) is 0 Å². The van der Waals surface area contributed by atoms with E-state index in [1.807, 2.05) is 0 Å². The van der Waals surface area contributed by atoms with Gasteiger partial charge in [-0.1, -0.05) is 32.0 Å². The lowest BCUT2D eigenvalue weighted by Crippen LogP contribution is -2.50. The normalized spacial score (nSPS) is 14.9. The van der Waals surface area contributed by atoms with E-state index in [1.54, 1.807) is 32.0 Å². The van der Waals surface area contributed by atoms with Gasteiger partial charge in [-0.15, -0.1) is 0 Å². The van der Waals surface area contributed by atoms with Gasteiger partial charge in [0, 0.05) is 5.56 Å². The van der Waals surface area contributed by atoms with Crippen molar-refractivity contribution in [2.24, 2.45) is 5.92 Å². The molecule has 0 aliphatic rings. The summed E-state index contributed by atoms with van der Waals surface area (Å²) in [5.41, 5.74) is 0.260. The summed E-state index contributed by atoms with van der Waals surface area (Å²) in [6, 6.07) is 6.58. The van der Waals surface area contributed by atoms with Gasteiger partial charge in [-0.3, -0.25) is 4.79 Å². The molecule has 0 fully saturated rings. The molecular formula is C14H18F3NO2. The molecule has 112 valence electrons. The minimum atomic E-state index is -4.76. The Kier molecular flexibility index (Phi) is 5.56. The molecule has 0 spiro atoms. The van der Waals surface area contributed by atoms with Crippen LogP contribution >= 0.6 is 0 Å². The first-order valence-corrected chi connectivity index (χ1v) is 6.32. The van der Waals surface area contributed by atoms with Crippen LogP contribution in [0.25, 0.3) is 0 Å². The Balaban J connectivity index is 2.82. The van der Waals surface area contributed by atoms with Gasteiger partial charge in [0.1, 0.15) is 0 Å². The second-order valence-corrected chi connectivity index (χ2v) is 5.06. The molecule has 2 N–H and O–H groups in total. The second-order valence-electron chi connectivity index (χ2n) is 5.06. The number of carbonyl (C=O) groups excluding carboxylic acids is 1. The van der Waals surface area contributed by atoms with E-state index < -0.39 is 24.2 Å². The molecule has 2 unspecified atom stereocenters. The summed E-state index contributed by atoms with van der Waals surface area (Å²) in [4.78, 5) is 11.9. The Bertz CT molecular complexity index is 432. The lowest BCUT2D eigenvalue weighted by Gasteiger charge is -2.27. The first-order chi connectivity index (χ1) is 9.21. The van der Waals surface area contributed by atoms with Crippen LogP contribution in [0, 0.1) is 5.92 Å². The topological polar surface area (TPSA) is 49.3 Å². The van der Waals surface area contributed by atoms with Crippen LogP contribution in [0.4, 0.5) is 13.2 Å². The Morgan fingerprint density at radius 3 is 2.25 bits per heavy atom. The van der Waals surface area contributed by atoms with Gasteiger partial charge in [-0.2, -0.15) is 13.2 Å². The maximum absolute atomic E-state index is 12.6. The van der Waals surface area contributed by atoms with Gasteiger partial charge in [0.05, 0.1) is 6.04 Å². The van der Waals surface area contributed by atoms with E-state index in [-0.39, 0.29) is 17.9 Å². The fourth-order valence-electron chi connectivity index (χ4n) is 1.84. The molecule has 0 aliphatic carbocycles. The van der Waals surface area contributed by atoms with Crippen LogP contribution in [0.2, 0.25) is 0 Å². The summed E-state index contributed by atoms with van der Waals surface area (Å²) in [5.74, 6) is -0.715. The smallest absolute Gasteiger partial charge is 0.382 e. The predicted octanol–water partition coefficient (Wildman–Crippen LogP) is 2.75. The first kappa shape index (κ1) is 16.5. The molecule has 1 rings (SSSR count). The van der Waals surface area contributed by atoms with Crippen LogP contribution < -0.4 is 5.32 Å². The largest absolute Gasteiger partial charge is 0.416 e. The third-order valence-electron chi connectivity index (χ3n) is 2.79. The molecule has 0 heterocycles. The maximum atomic E-state index is 12.6. The number of aliphatic hydroxyl groups is 1. The van der Waals surface area contributed by atoms with Crippen LogP contribution in [0.1, 0.15) is 30.6 Å². The van der Waals surface area contributed by atoms with E-state index in [1.165, 1.54) is 12.1 Å². The van der Waals surface area contributed by atoms with E-state index in [0.29, 0.717) is 0 Å². The van der Waals surface area contributed by atoms with Crippen molar-refractivity contribution in [3.63, 3.8) is 0 Å². The van der Waals surface area contributed by atoms with E-state index >= 15 is 0 Å². The number of hydrogen-bond acceptors (Lipinski definition) is 2. The van der Waals surface area contributed by atoms with Crippen molar-refractivity contribution < 1.29 is 23.1 Å². The van der Waals surface area contributed by atoms with Crippen molar-refractivity contribution in [3.05, 3.63) is 35.9 Å². The SMILES string of the molecule is CC(C)CC(NC(=O)c1ccccc1)C(O)C(F)(F)F. The number of halogens is 3. The van der Waals surface area contributed by atoms with Crippen molar-refractivity contribution in [3.8, 4) is 0 Å². The average Bonchev–Trinajstić information content (AvgIpc) is 2.36. The van der Waals surface area contributed by atoms with Crippen molar-refractivity contribution in [2.75, 3.05) is 0 Å². The van der Waals surface area contributed by atoms with Crippen molar-refractivity contribution in [2.45, 2.75) is 38.6 Å². The van der Waals surface area contributed by atoms with Crippen molar-refractivity contribution in [1.29, 1.82) is 0 Å². The van der Waals surface area contributed by atoms with Gasteiger partial charge in [0.25, 0.3) is 5.91 Å². The van der Waals surface area contributed by atoms with Gasteiger partial charge in [-0.25, -0.2) is 0 Å². The van der Waals surface area contributed by atoms with E-state index in [2.05, 4.69) is 5.32 Å². The monoisotopic (exact) mass is 289 g/mol. The number of amides is 1. The standard InChI is InChI=1S/C14H18F3NO2/c1-9(2)8-11(12(19)14(15,16)17)18-13(20)10-6-4-3-5-7-10/h3-7,9,11-12,19H,8H2,1-2H3,(H,18,20). The van der Waals surface area contributed by atoms with Crippen molar-refractivity contribution in [1.82, 2.24) is 5.32 Å². The van der Waals surface area contributed by atoms with Gasteiger partial charge in [0.2, 0.25) is 0 Å². The zero-order valence-corrected chi connectivity index (χ0v) is 11.3. The molecule has 0 bridgehead atoms. The summed E-state index contributed by atoms with van der Waals surface area (Å²) < 4.78 is 37.8. The number of hydrogen-bond donors (Lipinski definition) is 2. The third kappa shape index (κ3) is 4.85. The van der Waals surface area contributed by atoms with E-state index in [9.17, 15) is 23.1 Å². The molecule has 0 saturated heterocycles. The maximum Gasteiger partial charge on any atom is 0.416 e. The Labute approximate surface area is 115 Å². The molecule has 0 aromatic heterocycles. The van der Waals surface area contributed by atoms with Crippen molar-refractivity contribution >= 4 is 5.91 Å². The fourth-order valence-corrected chi connectivity index (χ4v) is 1.84.